The van der Waals surface area contributed by atoms with Gasteiger partial charge >= 0.3 is 0 Å². The molecule has 2 heterocycles. The van der Waals surface area contributed by atoms with Crippen molar-refractivity contribution in [2.24, 2.45) is 0 Å². The first-order valence-corrected chi connectivity index (χ1v) is 6.27. The summed E-state index contributed by atoms with van der Waals surface area (Å²) in [5.41, 5.74) is 2.34. The largest absolute Gasteiger partial charge is 0.376 e. The molecule has 0 amide bonds. The second-order valence-corrected chi connectivity index (χ2v) is 4.59. The number of hydrogen-bond donors (Lipinski definition) is 0. The van der Waals surface area contributed by atoms with Crippen LogP contribution in [0.1, 0.15) is 12.5 Å². The average Bonchev–Trinajstić information content (AvgIpc) is 3.26. The molecular formula is C15H20O3. The summed E-state index contributed by atoms with van der Waals surface area (Å²) in [7, 11) is 0. The molecule has 0 aromatic heterocycles. The van der Waals surface area contributed by atoms with Crippen LogP contribution >= 0.6 is 0 Å². The van der Waals surface area contributed by atoms with Crippen molar-refractivity contribution in [3.05, 3.63) is 42.5 Å². The van der Waals surface area contributed by atoms with Gasteiger partial charge in [-0.15, -0.1) is 0 Å². The molecule has 0 N–H and O–H groups in total. The van der Waals surface area contributed by atoms with E-state index >= 15 is 0 Å². The monoisotopic (exact) mass is 248 g/mol. The Bertz CT molecular complexity index is 355. The number of ether oxygens (including phenoxy) is 3. The van der Waals surface area contributed by atoms with E-state index < -0.39 is 0 Å². The van der Waals surface area contributed by atoms with Crippen molar-refractivity contribution >= 4 is 5.57 Å². The molecule has 0 spiro atoms. The van der Waals surface area contributed by atoms with Crippen LogP contribution in [0.25, 0.3) is 5.57 Å². The molecule has 1 aromatic rings. The van der Waals surface area contributed by atoms with Gasteiger partial charge in [0.1, 0.15) is 12.2 Å². The Morgan fingerprint density at radius 3 is 2.00 bits per heavy atom. The average molecular weight is 248 g/mol. The van der Waals surface area contributed by atoms with Gasteiger partial charge in [0.2, 0.25) is 0 Å². The van der Waals surface area contributed by atoms with Crippen LogP contribution in [0.15, 0.2) is 36.9 Å². The molecule has 2 fully saturated rings. The van der Waals surface area contributed by atoms with E-state index in [0.717, 1.165) is 32.0 Å². The SMILES string of the molecule is C(OCC1CO1)C1CO1.C=C(C)c1ccccc1. The lowest BCUT2D eigenvalue weighted by molar-refractivity contribution is 0.102. The number of allylic oxidation sites excluding steroid dienone is 1. The van der Waals surface area contributed by atoms with Crippen molar-refractivity contribution in [2.45, 2.75) is 19.1 Å². The highest BCUT2D eigenvalue weighted by molar-refractivity contribution is 5.60. The molecule has 2 unspecified atom stereocenters. The molecule has 18 heavy (non-hydrogen) atoms. The van der Waals surface area contributed by atoms with Gasteiger partial charge in [-0.05, 0) is 12.5 Å². The van der Waals surface area contributed by atoms with E-state index in [4.69, 9.17) is 14.2 Å². The van der Waals surface area contributed by atoms with Gasteiger partial charge in [0.05, 0.1) is 26.4 Å². The predicted octanol–water partition coefficient (Wildman–Crippen LogP) is 2.52. The Hall–Kier alpha value is -1.16. The van der Waals surface area contributed by atoms with Crippen molar-refractivity contribution in [1.29, 1.82) is 0 Å². The van der Waals surface area contributed by atoms with Gasteiger partial charge in [-0.1, -0.05) is 42.5 Å². The van der Waals surface area contributed by atoms with Crippen LogP contribution in [0.4, 0.5) is 0 Å². The third kappa shape index (κ3) is 5.45. The molecular weight excluding hydrogens is 228 g/mol. The van der Waals surface area contributed by atoms with Crippen molar-refractivity contribution in [3.63, 3.8) is 0 Å². The van der Waals surface area contributed by atoms with E-state index in [2.05, 4.69) is 18.7 Å². The maximum absolute atomic E-state index is 5.23. The minimum atomic E-state index is 0.392. The fourth-order valence-corrected chi connectivity index (χ4v) is 1.38. The maximum Gasteiger partial charge on any atom is 0.104 e. The van der Waals surface area contributed by atoms with Crippen molar-refractivity contribution in [1.82, 2.24) is 0 Å². The molecule has 1 aromatic carbocycles. The van der Waals surface area contributed by atoms with Crippen molar-refractivity contribution < 1.29 is 14.2 Å². The summed E-state index contributed by atoms with van der Waals surface area (Å²) < 4.78 is 15.1. The zero-order valence-electron chi connectivity index (χ0n) is 10.8. The smallest absolute Gasteiger partial charge is 0.104 e. The van der Waals surface area contributed by atoms with Gasteiger partial charge in [0, 0.05) is 0 Å². The first-order chi connectivity index (χ1) is 8.75. The van der Waals surface area contributed by atoms with Gasteiger partial charge in [-0.2, -0.15) is 0 Å². The molecule has 2 saturated heterocycles. The molecule has 3 rings (SSSR count). The highest BCUT2D eigenvalue weighted by Crippen LogP contribution is 2.12. The standard InChI is InChI=1S/C9H10.C6H10O3/c1-8(2)9-6-4-3-5-7-9;1(5-3-8-5)7-2-6-4-9-6/h3-7H,1H2,2H3;5-6H,1-4H2. The fourth-order valence-electron chi connectivity index (χ4n) is 1.38. The van der Waals surface area contributed by atoms with Crippen LogP contribution in [-0.4, -0.2) is 38.6 Å². The predicted molar refractivity (Wildman–Crippen MR) is 71.4 cm³/mol. The summed E-state index contributed by atoms with van der Waals surface area (Å²) >= 11 is 0. The maximum atomic E-state index is 5.23. The number of epoxide rings is 2. The van der Waals surface area contributed by atoms with E-state index in [-0.39, 0.29) is 0 Å². The Labute approximate surface area is 108 Å². The summed E-state index contributed by atoms with van der Waals surface area (Å²) in [4.78, 5) is 0. The minimum absolute atomic E-state index is 0.392. The Morgan fingerprint density at radius 2 is 1.67 bits per heavy atom. The van der Waals surface area contributed by atoms with E-state index in [0.29, 0.717) is 12.2 Å². The molecule has 2 atom stereocenters. The van der Waals surface area contributed by atoms with Gasteiger partial charge < -0.3 is 14.2 Å². The second kappa shape index (κ2) is 6.69. The molecule has 98 valence electrons. The van der Waals surface area contributed by atoms with Crippen LogP contribution in [0, 0.1) is 0 Å². The lowest BCUT2D eigenvalue weighted by Gasteiger charge is -1.95. The van der Waals surface area contributed by atoms with Gasteiger partial charge in [-0.3, -0.25) is 0 Å². The molecule has 0 bridgehead atoms. The van der Waals surface area contributed by atoms with Crippen LogP contribution in [0.2, 0.25) is 0 Å². The van der Waals surface area contributed by atoms with Crippen LogP contribution in [0.5, 0.6) is 0 Å². The van der Waals surface area contributed by atoms with E-state index in [9.17, 15) is 0 Å². The van der Waals surface area contributed by atoms with Gasteiger partial charge in [0.25, 0.3) is 0 Å². The van der Waals surface area contributed by atoms with Crippen LogP contribution in [-0.2, 0) is 14.2 Å². The summed E-state index contributed by atoms with van der Waals surface area (Å²) in [6.45, 7) is 9.10. The first-order valence-electron chi connectivity index (χ1n) is 6.27. The van der Waals surface area contributed by atoms with Gasteiger partial charge in [-0.25, -0.2) is 0 Å². The van der Waals surface area contributed by atoms with E-state index in [1.165, 1.54) is 5.56 Å². The fraction of sp³-hybridized carbons (Fsp3) is 0.467. The lowest BCUT2D eigenvalue weighted by Crippen LogP contribution is -2.06. The topological polar surface area (TPSA) is 34.3 Å². The number of benzene rings is 1. The molecule has 2 aliphatic rings. The van der Waals surface area contributed by atoms with Crippen LogP contribution < -0.4 is 0 Å². The van der Waals surface area contributed by atoms with E-state index in [1.54, 1.807) is 0 Å². The third-order valence-electron chi connectivity index (χ3n) is 2.68. The molecule has 3 nitrogen and oxygen atoms in total. The molecule has 0 radical (unpaired) electrons. The van der Waals surface area contributed by atoms with Crippen molar-refractivity contribution in [3.8, 4) is 0 Å². The molecule has 2 aliphatic heterocycles. The number of hydrogen-bond acceptors (Lipinski definition) is 3. The van der Waals surface area contributed by atoms with E-state index in [1.807, 2.05) is 25.1 Å². The normalized spacial score (nSPS) is 23.8. The minimum Gasteiger partial charge on any atom is -0.376 e. The summed E-state index contributed by atoms with van der Waals surface area (Å²) in [5.74, 6) is 0. The summed E-state index contributed by atoms with van der Waals surface area (Å²) in [6, 6.07) is 10.2. The molecule has 0 aliphatic carbocycles. The Balaban J connectivity index is 0.000000134. The third-order valence-corrected chi connectivity index (χ3v) is 2.68. The molecule has 3 heteroatoms. The number of rotatable bonds is 5. The molecule has 0 saturated carbocycles. The Kier molecular flexibility index (Phi) is 4.93. The zero-order chi connectivity index (χ0) is 12.8. The lowest BCUT2D eigenvalue weighted by atomic mass is 10.1. The van der Waals surface area contributed by atoms with Crippen molar-refractivity contribution in [2.75, 3.05) is 26.4 Å². The highest BCUT2D eigenvalue weighted by atomic mass is 16.6. The Morgan fingerprint density at radius 1 is 1.17 bits per heavy atom. The quantitative estimate of drug-likeness (QED) is 0.751. The zero-order valence-corrected chi connectivity index (χ0v) is 10.8. The van der Waals surface area contributed by atoms with Crippen LogP contribution in [0.3, 0.4) is 0 Å². The summed E-state index contributed by atoms with van der Waals surface area (Å²) in [5, 5.41) is 0. The second-order valence-electron chi connectivity index (χ2n) is 4.59. The summed E-state index contributed by atoms with van der Waals surface area (Å²) in [6.07, 6.45) is 0.785. The highest BCUT2D eigenvalue weighted by Gasteiger charge is 2.26. The van der Waals surface area contributed by atoms with Gasteiger partial charge in [0.15, 0.2) is 0 Å². The first kappa shape index (κ1) is 13.3.